The predicted molar refractivity (Wildman–Crippen MR) is 130 cm³/mol. The van der Waals surface area contributed by atoms with E-state index in [1.54, 1.807) is 42.5 Å². The molecule has 0 radical (unpaired) electrons. The number of carbonyl (C=O) groups excluding carboxylic acids is 3. The van der Waals surface area contributed by atoms with Crippen LogP contribution in [0.1, 0.15) is 36.2 Å². The molecular weight excluding hydrogens is 514 g/mol. The van der Waals surface area contributed by atoms with Gasteiger partial charge in [-0.15, -0.1) is 0 Å². The molecule has 2 aromatic carbocycles. The van der Waals surface area contributed by atoms with E-state index in [4.69, 9.17) is 16.3 Å². The van der Waals surface area contributed by atoms with Crippen LogP contribution in [0.2, 0.25) is 5.02 Å². The van der Waals surface area contributed by atoms with Crippen molar-refractivity contribution in [2.24, 2.45) is 11.0 Å². The summed E-state index contributed by atoms with van der Waals surface area (Å²) >= 11 is 9.22. The molecule has 0 aliphatic rings. The van der Waals surface area contributed by atoms with Gasteiger partial charge in [-0.25, -0.2) is 10.2 Å². The highest BCUT2D eigenvalue weighted by molar-refractivity contribution is 9.10. The van der Waals surface area contributed by atoms with Crippen LogP contribution in [0.5, 0.6) is 5.75 Å². The Labute approximate surface area is 205 Å². The van der Waals surface area contributed by atoms with Gasteiger partial charge in [-0.1, -0.05) is 25.4 Å². The first-order valence-electron chi connectivity index (χ1n) is 10.1. The number of esters is 1. The Balaban J connectivity index is 1.99. The number of rotatable bonds is 10. The summed E-state index contributed by atoms with van der Waals surface area (Å²) in [5.74, 6) is -0.663. The van der Waals surface area contributed by atoms with Crippen molar-refractivity contribution in [3.63, 3.8) is 0 Å². The number of nitrogens with zero attached hydrogens (tertiary/aromatic N) is 1. The van der Waals surface area contributed by atoms with Gasteiger partial charge < -0.3 is 14.8 Å². The predicted octanol–water partition coefficient (Wildman–Crippen LogP) is 3.95. The van der Waals surface area contributed by atoms with Crippen molar-refractivity contribution in [3.8, 4) is 5.75 Å². The molecule has 0 aliphatic carbocycles. The van der Waals surface area contributed by atoms with E-state index in [0.717, 1.165) is 0 Å². The lowest BCUT2D eigenvalue weighted by Gasteiger charge is -2.19. The Hall–Kier alpha value is -2.91. The molecule has 2 aromatic rings. The molecule has 1 atom stereocenters. The highest BCUT2D eigenvalue weighted by Gasteiger charge is 2.22. The number of methoxy groups -OCH3 is 1. The Morgan fingerprint density at radius 2 is 1.85 bits per heavy atom. The van der Waals surface area contributed by atoms with E-state index < -0.39 is 17.9 Å². The van der Waals surface area contributed by atoms with Crippen LogP contribution in [0.4, 0.5) is 0 Å². The van der Waals surface area contributed by atoms with Crippen LogP contribution >= 0.6 is 27.5 Å². The van der Waals surface area contributed by atoms with Gasteiger partial charge in [0.05, 0.1) is 17.8 Å². The molecule has 0 spiro atoms. The summed E-state index contributed by atoms with van der Waals surface area (Å²) in [5, 5.41) is 7.26. The van der Waals surface area contributed by atoms with E-state index in [1.807, 2.05) is 13.8 Å². The third kappa shape index (κ3) is 8.86. The summed E-state index contributed by atoms with van der Waals surface area (Å²) < 4.78 is 10.5. The summed E-state index contributed by atoms with van der Waals surface area (Å²) in [6.07, 6.45) is 1.90. The highest BCUT2D eigenvalue weighted by atomic mass is 79.9. The van der Waals surface area contributed by atoms with Gasteiger partial charge in [0.25, 0.3) is 11.8 Å². The number of carbonyl (C=O) groups is 3. The molecule has 0 saturated carbocycles. The third-order valence-corrected chi connectivity index (χ3v) is 5.22. The quantitative estimate of drug-likeness (QED) is 0.271. The number of hydrogen-bond acceptors (Lipinski definition) is 6. The minimum atomic E-state index is -0.758. The standard InChI is InChI=1S/C23H25BrClN3O5/c1-14(2)10-19(27-22(30)16-5-7-17(25)8-6-16)23(31)28-26-12-15-4-9-20(18(24)11-15)33-13-21(29)32-3/h4-9,11-12,14,19H,10,13H2,1-3H3,(H,27,30)(H,28,31)/b26-12+. The second-order valence-electron chi connectivity index (χ2n) is 7.45. The van der Waals surface area contributed by atoms with Crippen LogP contribution in [0.25, 0.3) is 0 Å². The zero-order chi connectivity index (χ0) is 24.4. The van der Waals surface area contributed by atoms with Crippen LogP contribution in [-0.4, -0.2) is 43.8 Å². The second-order valence-corrected chi connectivity index (χ2v) is 8.74. The zero-order valence-electron chi connectivity index (χ0n) is 18.4. The first kappa shape index (κ1) is 26.3. The molecule has 8 nitrogen and oxygen atoms in total. The Morgan fingerprint density at radius 3 is 2.45 bits per heavy atom. The number of hydrazone groups is 1. The largest absolute Gasteiger partial charge is 0.481 e. The normalized spacial score (nSPS) is 11.8. The fraction of sp³-hybridized carbons (Fsp3) is 0.304. The van der Waals surface area contributed by atoms with Crippen LogP contribution in [0.3, 0.4) is 0 Å². The van der Waals surface area contributed by atoms with Crippen molar-refractivity contribution in [2.75, 3.05) is 13.7 Å². The van der Waals surface area contributed by atoms with Crippen LogP contribution in [0, 0.1) is 5.92 Å². The van der Waals surface area contributed by atoms with Gasteiger partial charge in [0.2, 0.25) is 0 Å². The average molecular weight is 539 g/mol. The monoisotopic (exact) mass is 537 g/mol. The lowest BCUT2D eigenvalue weighted by atomic mass is 10.0. The lowest BCUT2D eigenvalue weighted by Crippen LogP contribution is -2.46. The van der Waals surface area contributed by atoms with Gasteiger partial charge in [-0.2, -0.15) is 5.10 Å². The van der Waals surface area contributed by atoms with E-state index in [2.05, 4.69) is 36.5 Å². The number of ether oxygens (including phenoxy) is 2. The van der Waals surface area contributed by atoms with Gasteiger partial charge in [0.15, 0.2) is 6.61 Å². The Kier molecular flexibility index (Phi) is 10.3. The summed E-state index contributed by atoms with van der Waals surface area (Å²) in [6.45, 7) is 3.70. The molecule has 10 heteroatoms. The summed E-state index contributed by atoms with van der Waals surface area (Å²) in [5.41, 5.74) is 3.56. The number of amides is 2. The van der Waals surface area contributed by atoms with Crippen molar-refractivity contribution in [1.29, 1.82) is 0 Å². The molecular formula is C23H25BrClN3O5. The van der Waals surface area contributed by atoms with E-state index in [9.17, 15) is 14.4 Å². The fourth-order valence-corrected chi connectivity index (χ4v) is 3.34. The molecule has 1 unspecified atom stereocenters. The minimum Gasteiger partial charge on any atom is -0.481 e. The molecule has 0 aliphatic heterocycles. The Bertz CT molecular complexity index is 1010. The zero-order valence-corrected chi connectivity index (χ0v) is 20.8. The molecule has 2 N–H and O–H groups in total. The second kappa shape index (κ2) is 13.0. The maximum atomic E-state index is 12.7. The van der Waals surface area contributed by atoms with Gasteiger partial charge in [0, 0.05) is 10.6 Å². The number of hydrogen-bond donors (Lipinski definition) is 2. The van der Waals surface area contributed by atoms with E-state index in [0.29, 0.717) is 32.8 Å². The number of benzene rings is 2. The summed E-state index contributed by atoms with van der Waals surface area (Å²) in [6, 6.07) is 10.7. The first-order valence-corrected chi connectivity index (χ1v) is 11.2. The van der Waals surface area contributed by atoms with E-state index in [-0.39, 0.29) is 18.4 Å². The maximum Gasteiger partial charge on any atom is 0.343 e. The lowest BCUT2D eigenvalue weighted by molar-refractivity contribution is -0.142. The van der Waals surface area contributed by atoms with Crippen molar-refractivity contribution < 1.29 is 23.9 Å². The molecule has 0 saturated heterocycles. The van der Waals surface area contributed by atoms with Crippen molar-refractivity contribution >= 4 is 51.5 Å². The topological polar surface area (TPSA) is 106 Å². The van der Waals surface area contributed by atoms with Gasteiger partial charge in [-0.05, 0) is 76.3 Å². The molecule has 2 rings (SSSR count). The van der Waals surface area contributed by atoms with Crippen LogP contribution in [-0.2, 0) is 14.3 Å². The molecule has 33 heavy (non-hydrogen) atoms. The van der Waals surface area contributed by atoms with Crippen molar-refractivity contribution in [2.45, 2.75) is 26.3 Å². The molecule has 0 heterocycles. The fourth-order valence-electron chi connectivity index (χ4n) is 2.70. The van der Waals surface area contributed by atoms with Gasteiger partial charge >= 0.3 is 5.97 Å². The number of nitrogens with one attached hydrogen (secondary N) is 2. The molecule has 176 valence electrons. The third-order valence-electron chi connectivity index (χ3n) is 4.35. The summed E-state index contributed by atoms with van der Waals surface area (Å²) in [4.78, 5) is 36.4. The summed E-state index contributed by atoms with van der Waals surface area (Å²) in [7, 11) is 1.28. The van der Waals surface area contributed by atoms with E-state index in [1.165, 1.54) is 13.3 Å². The molecule has 0 bridgehead atoms. The average Bonchev–Trinajstić information content (AvgIpc) is 2.77. The number of halogens is 2. The van der Waals surface area contributed by atoms with Crippen LogP contribution in [0.15, 0.2) is 52.0 Å². The van der Waals surface area contributed by atoms with Crippen molar-refractivity contribution in [3.05, 3.63) is 63.1 Å². The first-order chi connectivity index (χ1) is 15.7. The Morgan fingerprint density at radius 1 is 1.15 bits per heavy atom. The minimum absolute atomic E-state index is 0.170. The SMILES string of the molecule is COC(=O)COc1ccc(/C=N/NC(=O)C(CC(C)C)NC(=O)c2ccc(Cl)cc2)cc1Br. The van der Waals surface area contributed by atoms with Gasteiger partial charge in [0.1, 0.15) is 11.8 Å². The van der Waals surface area contributed by atoms with Crippen molar-refractivity contribution in [1.82, 2.24) is 10.7 Å². The smallest absolute Gasteiger partial charge is 0.343 e. The highest BCUT2D eigenvalue weighted by Crippen LogP contribution is 2.25. The van der Waals surface area contributed by atoms with Crippen LogP contribution < -0.4 is 15.5 Å². The molecule has 2 amide bonds. The van der Waals surface area contributed by atoms with Gasteiger partial charge in [-0.3, -0.25) is 9.59 Å². The maximum absolute atomic E-state index is 12.7. The van der Waals surface area contributed by atoms with E-state index >= 15 is 0 Å². The molecule has 0 fully saturated rings. The molecule has 0 aromatic heterocycles.